The van der Waals surface area contributed by atoms with E-state index < -0.39 is 0 Å². The van der Waals surface area contributed by atoms with Crippen molar-refractivity contribution in [1.82, 2.24) is 0 Å². The number of hydrogen-bond donors (Lipinski definition) is 0. The summed E-state index contributed by atoms with van der Waals surface area (Å²) in [6.45, 7) is 3.42. The number of halogens is 2. The molecule has 0 N–H and O–H groups in total. The first-order valence-electron chi connectivity index (χ1n) is 1.64. The fraction of sp³-hybridized carbons (Fsp3) is 0.500. The van der Waals surface area contributed by atoms with E-state index in [4.69, 9.17) is 23.2 Å². The van der Waals surface area contributed by atoms with E-state index in [1.54, 1.807) is 6.08 Å². The van der Waals surface area contributed by atoms with Crippen molar-refractivity contribution >= 4 is 23.2 Å². The zero-order chi connectivity index (χ0) is 4.99. The summed E-state index contributed by atoms with van der Waals surface area (Å²) >= 11 is 10.6. The van der Waals surface area contributed by atoms with E-state index in [-0.39, 0.29) is 25.8 Å². The molecule has 0 spiro atoms. The Morgan fingerprint density at radius 2 is 2.14 bits per heavy atom. The van der Waals surface area contributed by atoms with Crippen molar-refractivity contribution in [2.24, 2.45) is 0 Å². The Kier molecular flexibility index (Phi) is 10.8. The molecule has 46 valence electrons. The molecule has 1 atom stereocenters. The van der Waals surface area contributed by atoms with E-state index in [0.29, 0.717) is 5.88 Å². The maximum atomic E-state index is 5.40. The summed E-state index contributed by atoms with van der Waals surface area (Å²) in [5, 5.41) is -0.0633. The number of alkyl halides is 2. The minimum Gasteiger partial charge on any atom is -0.125 e. The third-order valence-electron chi connectivity index (χ3n) is 0.403. The first kappa shape index (κ1) is 10.9. The average molecular weight is 231 g/mol. The van der Waals surface area contributed by atoms with E-state index in [2.05, 4.69) is 6.58 Å². The Morgan fingerprint density at radius 1 is 1.71 bits per heavy atom. The summed E-state index contributed by atoms with van der Waals surface area (Å²) < 4.78 is 0. The van der Waals surface area contributed by atoms with Gasteiger partial charge in [0.15, 0.2) is 0 Å². The van der Waals surface area contributed by atoms with Crippen LogP contribution in [0.15, 0.2) is 12.7 Å². The average Bonchev–Trinajstić information content (AvgIpc) is 1.65. The van der Waals surface area contributed by atoms with Gasteiger partial charge in [-0.05, 0) is 0 Å². The molecule has 7 heavy (non-hydrogen) atoms. The van der Waals surface area contributed by atoms with Crippen molar-refractivity contribution in [3.63, 3.8) is 0 Å². The van der Waals surface area contributed by atoms with Gasteiger partial charge >= 0.3 is 0 Å². The molecule has 0 aliphatic heterocycles. The zero-order valence-electron chi connectivity index (χ0n) is 3.64. The predicted octanol–water partition coefficient (Wildman–Crippen LogP) is 2.02. The molecule has 0 amide bonds. The minimum absolute atomic E-state index is 0. The second-order valence-electron chi connectivity index (χ2n) is 0.906. The molecule has 0 heterocycles. The quantitative estimate of drug-likeness (QED) is 0.387. The van der Waals surface area contributed by atoms with Crippen LogP contribution >= 0.6 is 23.2 Å². The third kappa shape index (κ3) is 6.98. The molecule has 0 aliphatic rings. The van der Waals surface area contributed by atoms with Gasteiger partial charge in [-0.3, -0.25) is 0 Å². The molecule has 0 saturated carbocycles. The molecule has 0 aliphatic carbocycles. The van der Waals surface area contributed by atoms with Gasteiger partial charge in [-0.15, -0.1) is 29.8 Å². The Bertz CT molecular complexity index is 47.0. The standard InChI is InChI=1S/C4H6Cl2.Pd/c1-2-4(6)3-5;/h2,4H,1,3H2;. The monoisotopic (exact) mass is 230 g/mol. The van der Waals surface area contributed by atoms with Crippen LogP contribution < -0.4 is 0 Å². The van der Waals surface area contributed by atoms with Crippen LogP contribution in [0.3, 0.4) is 0 Å². The van der Waals surface area contributed by atoms with Gasteiger partial charge in [0.1, 0.15) is 0 Å². The van der Waals surface area contributed by atoms with Crippen LogP contribution in [0, 0.1) is 0 Å². The summed E-state index contributed by atoms with van der Waals surface area (Å²) in [7, 11) is 0. The summed E-state index contributed by atoms with van der Waals surface area (Å²) in [5.41, 5.74) is 0. The largest absolute Gasteiger partial charge is 0.125 e. The van der Waals surface area contributed by atoms with Crippen LogP contribution in [0.2, 0.25) is 0 Å². The SMILES string of the molecule is C=CC(Cl)CCl.[Pd]. The van der Waals surface area contributed by atoms with E-state index in [1.165, 1.54) is 0 Å². The molecule has 0 saturated heterocycles. The van der Waals surface area contributed by atoms with Crippen LogP contribution in [-0.4, -0.2) is 11.3 Å². The van der Waals surface area contributed by atoms with Gasteiger partial charge in [0.25, 0.3) is 0 Å². The first-order valence-corrected chi connectivity index (χ1v) is 2.61. The van der Waals surface area contributed by atoms with Crippen molar-refractivity contribution in [3.8, 4) is 0 Å². The van der Waals surface area contributed by atoms with E-state index in [9.17, 15) is 0 Å². The molecule has 0 rings (SSSR count). The summed E-state index contributed by atoms with van der Waals surface area (Å²) in [6.07, 6.45) is 1.61. The van der Waals surface area contributed by atoms with Crippen LogP contribution in [0.5, 0.6) is 0 Å². The summed E-state index contributed by atoms with van der Waals surface area (Å²) in [5.74, 6) is 0.449. The molecule has 0 fully saturated rings. The van der Waals surface area contributed by atoms with Crippen LogP contribution in [0.4, 0.5) is 0 Å². The van der Waals surface area contributed by atoms with E-state index >= 15 is 0 Å². The smallest absolute Gasteiger partial charge is 0.0648 e. The second kappa shape index (κ2) is 6.98. The third-order valence-corrected chi connectivity index (χ3v) is 1.23. The maximum absolute atomic E-state index is 5.40. The van der Waals surface area contributed by atoms with Gasteiger partial charge in [0.05, 0.1) is 5.38 Å². The Hall–Kier alpha value is 0.982. The van der Waals surface area contributed by atoms with Crippen molar-refractivity contribution in [2.75, 3.05) is 5.88 Å². The summed E-state index contributed by atoms with van der Waals surface area (Å²) in [6, 6.07) is 0. The van der Waals surface area contributed by atoms with Crippen LogP contribution in [0.25, 0.3) is 0 Å². The van der Waals surface area contributed by atoms with Gasteiger partial charge in [-0.2, -0.15) is 0 Å². The molecular weight excluding hydrogens is 225 g/mol. The first-order chi connectivity index (χ1) is 2.81. The van der Waals surface area contributed by atoms with Gasteiger partial charge < -0.3 is 0 Å². The van der Waals surface area contributed by atoms with Gasteiger partial charge in [0.2, 0.25) is 0 Å². The summed E-state index contributed by atoms with van der Waals surface area (Å²) in [4.78, 5) is 0. The molecule has 0 nitrogen and oxygen atoms in total. The number of hydrogen-bond acceptors (Lipinski definition) is 0. The predicted molar refractivity (Wildman–Crippen MR) is 30.6 cm³/mol. The second-order valence-corrected chi connectivity index (χ2v) is 1.78. The molecule has 0 aromatic carbocycles. The van der Waals surface area contributed by atoms with Crippen LogP contribution in [0.1, 0.15) is 0 Å². The molecule has 0 aromatic heterocycles. The van der Waals surface area contributed by atoms with E-state index in [0.717, 1.165) is 0 Å². The van der Waals surface area contributed by atoms with Gasteiger partial charge in [0, 0.05) is 26.3 Å². The van der Waals surface area contributed by atoms with Gasteiger partial charge in [-0.25, -0.2) is 0 Å². The maximum Gasteiger partial charge on any atom is 0.0648 e. The Balaban J connectivity index is 0. The topological polar surface area (TPSA) is 0 Å². The fourth-order valence-corrected chi connectivity index (χ4v) is 0.189. The number of allylic oxidation sites excluding steroid dienone is 1. The Morgan fingerprint density at radius 3 is 2.14 bits per heavy atom. The minimum atomic E-state index is -0.0633. The molecule has 0 radical (unpaired) electrons. The molecule has 0 aromatic rings. The Labute approximate surface area is 67.5 Å². The molecule has 3 heteroatoms. The van der Waals surface area contributed by atoms with Crippen molar-refractivity contribution < 1.29 is 20.4 Å². The van der Waals surface area contributed by atoms with Crippen molar-refractivity contribution in [2.45, 2.75) is 5.38 Å². The number of rotatable bonds is 2. The van der Waals surface area contributed by atoms with Crippen molar-refractivity contribution in [3.05, 3.63) is 12.7 Å². The normalized spacial score (nSPS) is 11.7. The fourth-order valence-electron chi connectivity index (χ4n) is 0.0630. The van der Waals surface area contributed by atoms with E-state index in [1.807, 2.05) is 0 Å². The van der Waals surface area contributed by atoms with Crippen molar-refractivity contribution in [1.29, 1.82) is 0 Å². The molecular formula is C4H6Cl2Pd. The van der Waals surface area contributed by atoms with Gasteiger partial charge in [-0.1, -0.05) is 6.08 Å². The zero-order valence-corrected chi connectivity index (χ0v) is 6.71. The molecule has 1 unspecified atom stereocenters. The van der Waals surface area contributed by atoms with Crippen LogP contribution in [-0.2, 0) is 20.4 Å². The molecule has 0 bridgehead atoms.